The predicted octanol–water partition coefficient (Wildman–Crippen LogP) is 0.481. The van der Waals surface area contributed by atoms with E-state index in [2.05, 4.69) is 20.0 Å². The van der Waals surface area contributed by atoms with Crippen LogP contribution in [-0.4, -0.2) is 56.7 Å². The monoisotopic (exact) mass is 286 g/mol. The van der Waals surface area contributed by atoms with Crippen LogP contribution >= 0.6 is 0 Å². The highest BCUT2D eigenvalue weighted by Crippen LogP contribution is 2.13. The van der Waals surface area contributed by atoms with Crippen molar-refractivity contribution in [2.75, 3.05) is 31.1 Å². The number of piperazine rings is 1. The summed E-state index contributed by atoms with van der Waals surface area (Å²) in [6.45, 7) is 4.71. The number of amides is 1. The molecule has 1 aliphatic rings. The lowest BCUT2D eigenvalue weighted by molar-refractivity contribution is 0.0735. The summed E-state index contributed by atoms with van der Waals surface area (Å²) >= 11 is 0. The fourth-order valence-corrected chi connectivity index (χ4v) is 2.54. The molecule has 1 fully saturated rings. The Morgan fingerprint density at radius 1 is 1.14 bits per heavy atom. The number of carbonyl (C=O) groups excluding carboxylic acids is 1. The van der Waals surface area contributed by atoms with Crippen molar-refractivity contribution in [1.29, 1.82) is 0 Å². The molecule has 0 atom stereocenters. The van der Waals surface area contributed by atoms with Crippen LogP contribution in [0.4, 0.5) is 5.95 Å². The van der Waals surface area contributed by atoms with Gasteiger partial charge in [0.15, 0.2) is 0 Å². The highest BCUT2D eigenvalue weighted by molar-refractivity contribution is 5.92. The van der Waals surface area contributed by atoms with Gasteiger partial charge < -0.3 is 9.80 Å². The Kier molecular flexibility index (Phi) is 3.55. The molecule has 0 aromatic carbocycles. The zero-order chi connectivity index (χ0) is 14.8. The molecule has 0 saturated carbocycles. The average molecular weight is 286 g/mol. The molecule has 0 radical (unpaired) electrons. The molecule has 1 aliphatic heterocycles. The summed E-state index contributed by atoms with van der Waals surface area (Å²) in [5.74, 6) is 0.757. The SMILES string of the molecule is Cc1cc(C(=O)N2CCN(c3ncccn3)CC2)n(C)n1. The fourth-order valence-electron chi connectivity index (χ4n) is 2.54. The lowest BCUT2D eigenvalue weighted by Crippen LogP contribution is -2.49. The van der Waals surface area contributed by atoms with Crippen LogP contribution in [0.2, 0.25) is 0 Å². The van der Waals surface area contributed by atoms with E-state index < -0.39 is 0 Å². The standard InChI is InChI=1S/C14H18N6O/c1-11-10-12(18(2)17-11)13(21)19-6-8-20(9-7-19)14-15-4-3-5-16-14/h3-5,10H,6-9H2,1-2H3. The second-order valence-corrected chi connectivity index (χ2v) is 5.12. The summed E-state index contributed by atoms with van der Waals surface area (Å²) in [6.07, 6.45) is 3.47. The summed E-state index contributed by atoms with van der Waals surface area (Å²) in [4.78, 5) is 24.9. The first-order chi connectivity index (χ1) is 10.1. The Bertz CT molecular complexity index is 630. The molecule has 1 saturated heterocycles. The van der Waals surface area contributed by atoms with Gasteiger partial charge in [-0.05, 0) is 19.1 Å². The Morgan fingerprint density at radius 3 is 2.38 bits per heavy atom. The molecule has 0 N–H and O–H groups in total. The number of nitrogens with zero attached hydrogens (tertiary/aromatic N) is 6. The highest BCUT2D eigenvalue weighted by Gasteiger charge is 2.25. The van der Waals surface area contributed by atoms with Gasteiger partial charge in [0.2, 0.25) is 5.95 Å². The zero-order valence-corrected chi connectivity index (χ0v) is 12.2. The normalized spacial score (nSPS) is 15.3. The lowest BCUT2D eigenvalue weighted by Gasteiger charge is -2.34. The van der Waals surface area contributed by atoms with Gasteiger partial charge in [-0.2, -0.15) is 5.10 Å². The van der Waals surface area contributed by atoms with Gasteiger partial charge >= 0.3 is 0 Å². The summed E-state index contributed by atoms with van der Waals surface area (Å²) < 4.78 is 1.64. The van der Waals surface area contributed by atoms with Gasteiger partial charge in [-0.1, -0.05) is 0 Å². The first-order valence-corrected chi connectivity index (χ1v) is 6.97. The minimum Gasteiger partial charge on any atom is -0.337 e. The summed E-state index contributed by atoms with van der Waals surface area (Å²) in [7, 11) is 1.80. The summed E-state index contributed by atoms with van der Waals surface area (Å²) in [5, 5.41) is 4.23. The van der Waals surface area contributed by atoms with Gasteiger partial charge in [0.1, 0.15) is 5.69 Å². The van der Waals surface area contributed by atoms with Crippen LogP contribution in [0, 0.1) is 6.92 Å². The van der Waals surface area contributed by atoms with E-state index in [1.54, 1.807) is 30.2 Å². The van der Waals surface area contributed by atoms with Crippen LogP contribution in [-0.2, 0) is 7.05 Å². The van der Waals surface area contributed by atoms with Gasteiger partial charge in [-0.3, -0.25) is 9.48 Å². The quantitative estimate of drug-likeness (QED) is 0.803. The van der Waals surface area contributed by atoms with E-state index >= 15 is 0 Å². The first kappa shape index (κ1) is 13.5. The molecular weight excluding hydrogens is 268 g/mol. The number of anilines is 1. The predicted molar refractivity (Wildman–Crippen MR) is 78.1 cm³/mol. The first-order valence-electron chi connectivity index (χ1n) is 6.97. The number of hydrogen-bond donors (Lipinski definition) is 0. The van der Waals surface area contributed by atoms with Crippen LogP contribution in [0.25, 0.3) is 0 Å². The van der Waals surface area contributed by atoms with Crippen LogP contribution in [0.3, 0.4) is 0 Å². The molecule has 2 aromatic rings. The molecule has 21 heavy (non-hydrogen) atoms. The van der Waals surface area contributed by atoms with E-state index in [0.717, 1.165) is 24.7 Å². The topological polar surface area (TPSA) is 67.2 Å². The van der Waals surface area contributed by atoms with Crippen molar-refractivity contribution in [2.45, 2.75) is 6.92 Å². The second-order valence-electron chi connectivity index (χ2n) is 5.12. The third kappa shape index (κ3) is 2.72. The van der Waals surface area contributed by atoms with Crippen LogP contribution in [0.1, 0.15) is 16.2 Å². The van der Waals surface area contributed by atoms with E-state index in [1.807, 2.05) is 17.9 Å². The van der Waals surface area contributed by atoms with Gasteiger partial charge in [0.05, 0.1) is 5.69 Å². The van der Waals surface area contributed by atoms with Crippen molar-refractivity contribution in [3.8, 4) is 0 Å². The molecule has 7 nitrogen and oxygen atoms in total. The third-order valence-corrected chi connectivity index (χ3v) is 3.62. The van der Waals surface area contributed by atoms with E-state index in [9.17, 15) is 4.79 Å². The summed E-state index contributed by atoms with van der Waals surface area (Å²) in [5.41, 5.74) is 1.49. The van der Waals surface area contributed by atoms with Crippen LogP contribution < -0.4 is 4.90 Å². The molecule has 1 amide bonds. The van der Waals surface area contributed by atoms with E-state index in [-0.39, 0.29) is 5.91 Å². The van der Waals surface area contributed by atoms with Crippen molar-refractivity contribution in [3.05, 3.63) is 35.9 Å². The number of aromatic nitrogens is 4. The summed E-state index contributed by atoms with van der Waals surface area (Å²) in [6, 6.07) is 3.63. The minimum atomic E-state index is 0.0340. The molecule has 0 bridgehead atoms. The lowest BCUT2D eigenvalue weighted by atomic mass is 10.2. The molecule has 2 aromatic heterocycles. The smallest absolute Gasteiger partial charge is 0.272 e. The van der Waals surface area contributed by atoms with Gasteiger partial charge in [0.25, 0.3) is 5.91 Å². The number of aryl methyl sites for hydroxylation is 2. The molecule has 110 valence electrons. The zero-order valence-electron chi connectivity index (χ0n) is 12.2. The van der Waals surface area contributed by atoms with Crippen molar-refractivity contribution in [2.24, 2.45) is 7.05 Å². The number of carbonyl (C=O) groups is 1. The van der Waals surface area contributed by atoms with Crippen molar-refractivity contribution in [1.82, 2.24) is 24.6 Å². The fraction of sp³-hybridized carbons (Fsp3) is 0.429. The third-order valence-electron chi connectivity index (χ3n) is 3.62. The molecule has 7 heteroatoms. The highest BCUT2D eigenvalue weighted by atomic mass is 16.2. The van der Waals surface area contributed by atoms with E-state index in [0.29, 0.717) is 18.8 Å². The molecule has 3 rings (SSSR count). The maximum absolute atomic E-state index is 12.5. The van der Waals surface area contributed by atoms with Crippen LogP contribution in [0.15, 0.2) is 24.5 Å². The average Bonchev–Trinajstić information content (AvgIpc) is 2.86. The maximum Gasteiger partial charge on any atom is 0.272 e. The Morgan fingerprint density at radius 2 is 1.81 bits per heavy atom. The molecule has 0 unspecified atom stereocenters. The maximum atomic E-state index is 12.5. The van der Waals surface area contributed by atoms with Gasteiger partial charge in [-0.15, -0.1) is 0 Å². The molecule has 3 heterocycles. The Labute approximate surface area is 123 Å². The van der Waals surface area contributed by atoms with Crippen LogP contribution in [0.5, 0.6) is 0 Å². The number of hydrogen-bond acceptors (Lipinski definition) is 5. The minimum absolute atomic E-state index is 0.0340. The molecular formula is C14H18N6O. The largest absolute Gasteiger partial charge is 0.337 e. The van der Waals surface area contributed by atoms with Crippen molar-refractivity contribution < 1.29 is 4.79 Å². The molecule has 0 spiro atoms. The Hall–Kier alpha value is -2.44. The molecule has 0 aliphatic carbocycles. The van der Waals surface area contributed by atoms with Crippen molar-refractivity contribution in [3.63, 3.8) is 0 Å². The van der Waals surface area contributed by atoms with E-state index in [1.165, 1.54) is 0 Å². The van der Waals surface area contributed by atoms with Gasteiger partial charge in [0, 0.05) is 45.6 Å². The van der Waals surface area contributed by atoms with E-state index in [4.69, 9.17) is 0 Å². The van der Waals surface area contributed by atoms with Crippen molar-refractivity contribution >= 4 is 11.9 Å². The second kappa shape index (κ2) is 5.51. The van der Waals surface area contributed by atoms with Gasteiger partial charge in [-0.25, -0.2) is 9.97 Å². The Balaban J connectivity index is 1.66. The number of rotatable bonds is 2.